The van der Waals surface area contributed by atoms with Crippen LogP contribution >= 0.6 is 0 Å². The smallest absolute Gasteiger partial charge is 0.512 e. The summed E-state index contributed by atoms with van der Waals surface area (Å²) in [5.41, 5.74) is 0. The quantitative estimate of drug-likeness (QED) is 0.678. The first-order chi connectivity index (χ1) is 6.75. The standard InChI is InChI=1S/C9H8BNO3/c12-10(13)14-9-2-1-7-3-4-11-6-8(7)5-9/h1-6,12-13H. The highest BCUT2D eigenvalue weighted by Gasteiger charge is 2.10. The number of hydrogen-bond acceptors (Lipinski definition) is 4. The molecule has 5 heteroatoms. The lowest BCUT2D eigenvalue weighted by Gasteiger charge is -2.05. The molecule has 0 atom stereocenters. The summed E-state index contributed by atoms with van der Waals surface area (Å²) in [7, 11) is -1.79. The predicted molar refractivity (Wildman–Crippen MR) is 52.6 cm³/mol. The summed E-state index contributed by atoms with van der Waals surface area (Å²) < 4.78 is 4.71. The second-order valence-electron chi connectivity index (χ2n) is 2.83. The van der Waals surface area contributed by atoms with E-state index in [2.05, 4.69) is 4.98 Å². The highest BCUT2D eigenvalue weighted by molar-refractivity contribution is 6.33. The minimum atomic E-state index is -1.79. The summed E-state index contributed by atoms with van der Waals surface area (Å²) in [6.07, 6.45) is 3.38. The third-order valence-corrected chi connectivity index (χ3v) is 1.85. The Hall–Kier alpha value is -1.59. The highest BCUT2D eigenvalue weighted by atomic mass is 16.6. The molecule has 0 spiro atoms. The third-order valence-electron chi connectivity index (χ3n) is 1.85. The molecule has 0 radical (unpaired) electrons. The van der Waals surface area contributed by atoms with Crippen LogP contribution in [0.2, 0.25) is 0 Å². The molecular weight excluding hydrogens is 181 g/mol. The first-order valence-electron chi connectivity index (χ1n) is 4.12. The van der Waals surface area contributed by atoms with Gasteiger partial charge in [0.25, 0.3) is 0 Å². The Kier molecular flexibility index (Phi) is 2.34. The largest absolute Gasteiger partial charge is 0.707 e. The number of fused-ring (bicyclic) bond motifs is 1. The van der Waals surface area contributed by atoms with Crippen LogP contribution in [-0.2, 0) is 0 Å². The molecule has 0 aliphatic heterocycles. The zero-order valence-corrected chi connectivity index (χ0v) is 7.29. The molecule has 0 aliphatic carbocycles. The van der Waals surface area contributed by atoms with Gasteiger partial charge in [-0.3, -0.25) is 4.98 Å². The zero-order valence-electron chi connectivity index (χ0n) is 7.29. The Balaban J connectivity index is 2.41. The number of nitrogens with zero attached hydrogens (tertiary/aromatic N) is 1. The van der Waals surface area contributed by atoms with Gasteiger partial charge >= 0.3 is 7.32 Å². The Morgan fingerprint density at radius 2 is 2.00 bits per heavy atom. The fourth-order valence-corrected chi connectivity index (χ4v) is 1.26. The van der Waals surface area contributed by atoms with Crippen LogP contribution in [0.25, 0.3) is 10.8 Å². The van der Waals surface area contributed by atoms with Gasteiger partial charge in [-0.05, 0) is 23.6 Å². The van der Waals surface area contributed by atoms with E-state index >= 15 is 0 Å². The molecule has 0 unspecified atom stereocenters. The van der Waals surface area contributed by atoms with Gasteiger partial charge in [-0.25, -0.2) is 0 Å². The van der Waals surface area contributed by atoms with E-state index in [1.165, 1.54) is 0 Å². The van der Waals surface area contributed by atoms with Crippen LogP contribution in [0.5, 0.6) is 5.75 Å². The predicted octanol–water partition coefficient (Wildman–Crippen LogP) is 0.583. The van der Waals surface area contributed by atoms with Crippen molar-refractivity contribution in [3.05, 3.63) is 36.7 Å². The third kappa shape index (κ3) is 1.84. The summed E-state index contributed by atoms with van der Waals surface area (Å²) in [5, 5.41) is 19.1. The second-order valence-corrected chi connectivity index (χ2v) is 2.83. The molecule has 2 rings (SSSR count). The Bertz CT molecular complexity index is 447. The molecule has 70 valence electrons. The number of aromatic nitrogens is 1. The monoisotopic (exact) mass is 189 g/mol. The van der Waals surface area contributed by atoms with Gasteiger partial charge in [0.05, 0.1) is 0 Å². The SMILES string of the molecule is OB(O)Oc1ccc2ccncc2c1. The molecule has 0 bridgehead atoms. The van der Waals surface area contributed by atoms with Crippen molar-refractivity contribution in [2.75, 3.05) is 0 Å². The molecule has 1 aromatic carbocycles. The van der Waals surface area contributed by atoms with Gasteiger partial charge in [-0.1, -0.05) is 6.07 Å². The molecule has 14 heavy (non-hydrogen) atoms. The maximum absolute atomic E-state index is 8.60. The van der Waals surface area contributed by atoms with Crippen molar-refractivity contribution in [2.24, 2.45) is 0 Å². The molecule has 2 N–H and O–H groups in total. The van der Waals surface area contributed by atoms with Gasteiger partial charge in [0, 0.05) is 17.8 Å². The minimum Gasteiger partial charge on any atom is -0.512 e. The number of rotatable bonds is 2. The molecule has 0 fully saturated rings. The molecule has 4 nitrogen and oxygen atoms in total. The van der Waals surface area contributed by atoms with Crippen molar-refractivity contribution in [1.82, 2.24) is 4.98 Å². The van der Waals surface area contributed by atoms with Gasteiger partial charge in [0.2, 0.25) is 0 Å². The van der Waals surface area contributed by atoms with Crippen molar-refractivity contribution in [2.45, 2.75) is 0 Å². The molecule has 0 saturated heterocycles. The van der Waals surface area contributed by atoms with E-state index in [0.29, 0.717) is 5.75 Å². The van der Waals surface area contributed by atoms with Gasteiger partial charge < -0.3 is 14.7 Å². The fraction of sp³-hybridized carbons (Fsp3) is 0. The molecule has 1 aromatic heterocycles. The van der Waals surface area contributed by atoms with Crippen molar-refractivity contribution in [1.29, 1.82) is 0 Å². The first kappa shape index (κ1) is 8.99. The molecular formula is C9H8BNO3. The van der Waals surface area contributed by atoms with Crippen LogP contribution in [0.1, 0.15) is 0 Å². The first-order valence-corrected chi connectivity index (χ1v) is 4.12. The summed E-state index contributed by atoms with van der Waals surface area (Å²) in [6.45, 7) is 0. The van der Waals surface area contributed by atoms with Crippen molar-refractivity contribution in [3.8, 4) is 5.75 Å². The number of hydrogen-bond donors (Lipinski definition) is 2. The van der Waals surface area contributed by atoms with Crippen LogP contribution in [-0.4, -0.2) is 22.4 Å². The van der Waals surface area contributed by atoms with Crippen molar-refractivity contribution >= 4 is 18.1 Å². The summed E-state index contributed by atoms with van der Waals surface area (Å²) in [5.74, 6) is 0.403. The summed E-state index contributed by atoms with van der Waals surface area (Å²) in [4.78, 5) is 3.95. The maximum atomic E-state index is 8.60. The number of pyridine rings is 1. The van der Waals surface area contributed by atoms with Crippen LogP contribution in [0.4, 0.5) is 0 Å². The van der Waals surface area contributed by atoms with E-state index in [-0.39, 0.29) is 0 Å². The zero-order chi connectivity index (χ0) is 9.97. The van der Waals surface area contributed by atoms with Crippen LogP contribution < -0.4 is 4.65 Å². The lowest BCUT2D eigenvalue weighted by Crippen LogP contribution is -2.20. The van der Waals surface area contributed by atoms with Crippen LogP contribution in [0, 0.1) is 0 Å². The van der Waals surface area contributed by atoms with Gasteiger partial charge in [-0.15, -0.1) is 0 Å². The molecule has 2 aromatic rings. The van der Waals surface area contributed by atoms with Gasteiger partial charge in [-0.2, -0.15) is 0 Å². The molecule has 0 aliphatic rings. The average Bonchev–Trinajstić information content (AvgIpc) is 2.17. The Labute approximate surface area is 81.0 Å². The highest BCUT2D eigenvalue weighted by Crippen LogP contribution is 2.19. The summed E-state index contributed by atoms with van der Waals surface area (Å²) >= 11 is 0. The lowest BCUT2D eigenvalue weighted by atomic mass is 10.1. The Morgan fingerprint density at radius 3 is 2.79 bits per heavy atom. The molecule has 0 amide bonds. The van der Waals surface area contributed by atoms with Crippen molar-refractivity contribution < 1.29 is 14.7 Å². The van der Waals surface area contributed by atoms with E-state index in [1.807, 2.05) is 12.1 Å². The van der Waals surface area contributed by atoms with Crippen LogP contribution in [0.3, 0.4) is 0 Å². The van der Waals surface area contributed by atoms with E-state index in [1.54, 1.807) is 24.5 Å². The van der Waals surface area contributed by atoms with E-state index in [9.17, 15) is 0 Å². The molecule has 1 heterocycles. The van der Waals surface area contributed by atoms with Crippen LogP contribution in [0.15, 0.2) is 36.7 Å². The fourth-order valence-electron chi connectivity index (χ4n) is 1.26. The molecule has 0 saturated carbocycles. The average molecular weight is 189 g/mol. The second kappa shape index (κ2) is 3.65. The lowest BCUT2D eigenvalue weighted by molar-refractivity contribution is 0.288. The van der Waals surface area contributed by atoms with Crippen molar-refractivity contribution in [3.63, 3.8) is 0 Å². The maximum Gasteiger partial charge on any atom is 0.707 e. The number of benzene rings is 1. The van der Waals surface area contributed by atoms with Gasteiger partial charge in [0.15, 0.2) is 0 Å². The Morgan fingerprint density at radius 1 is 1.14 bits per heavy atom. The normalized spacial score (nSPS) is 10.1. The topological polar surface area (TPSA) is 62.6 Å². The van der Waals surface area contributed by atoms with E-state index < -0.39 is 7.32 Å². The van der Waals surface area contributed by atoms with E-state index in [4.69, 9.17) is 14.7 Å². The van der Waals surface area contributed by atoms with Gasteiger partial charge in [0.1, 0.15) is 5.75 Å². The summed E-state index contributed by atoms with van der Waals surface area (Å²) in [6, 6.07) is 7.06. The minimum absolute atomic E-state index is 0.403. The van der Waals surface area contributed by atoms with E-state index in [0.717, 1.165) is 10.8 Å².